The molecule has 0 saturated carbocycles. The normalized spacial score (nSPS) is 12.1. The smallest absolute Gasteiger partial charge is 0.312 e. The molecular weight excluding hydrogens is 286 g/mol. The van der Waals surface area contributed by atoms with Gasteiger partial charge in [-0.3, -0.25) is 0 Å². The zero-order valence-corrected chi connectivity index (χ0v) is 10.9. The standard InChI is InChI=1S/C11H16BrN3O2/c12-9-3-1-2-8(6-9)10(16)7-14-4-5-15-11(13)17/h1-3,6,10,14,16H,4-5,7H2,(H3,13,15,17). The number of benzene rings is 1. The van der Waals surface area contributed by atoms with Crippen molar-refractivity contribution in [3.05, 3.63) is 34.3 Å². The second kappa shape index (κ2) is 7.26. The van der Waals surface area contributed by atoms with Gasteiger partial charge in [-0.25, -0.2) is 4.79 Å². The summed E-state index contributed by atoms with van der Waals surface area (Å²) in [5.41, 5.74) is 5.75. The fourth-order valence-electron chi connectivity index (χ4n) is 1.34. The zero-order chi connectivity index (χ0) is 12.7. The largest absolute Gasteiger partial charge is 0.387 e. The third-order valence-electron chi connectivity index (χ3n) is 2.17. The van der Waals surface area contributed by atoms with Gasteiger partial charge in [0, 0.05) is 24.1 Å². The number of carbonyl (C=O) groups excluding carboxylic acids is 1. The number of aliphatic hydroxyl groups is 1. The quantitative estimate of drug-likeness (QED) is 0.585. The highest BCUT2D eigenvalue weighted by Crippen LogP contribution is 2.17. The van der Waals surface area contributed by atoms with Crippen LogP contribution in [-0.4, -0.2) is 30.8 Å². The first kappa shape index (κ1) is 14.0. The van der Waals surface area contributed by atoms with Crippen molar-refractivity contribution in [1.29, 1.82) is 0 Å². The molecule has 17 heavy (non-hydrogen) atoms. The van der Waals surface area contributed by atoms with Gasteiger partial charge in [0.2, 0.25) is 0 Å². The van der Waals surface area contributed by atoms with Crippen LogP contribution in [0.4, 0.5) is 4.79 Å². The Kier molecular flexibility index (Phi) is 5.96. The molecule has 1 aromatic carbocycles. The Labute approximate surface area is 109 Å². The van der Waals surface area contributed by atoms with Gasteiger partial charge in [-0.15, -0.1) is 0 Å². The molecule has 0 fully saturated rings. The first-order valence-corrected chi connectivity index (χ1v) is 6.06. The highest BCUT2D eigenvalue weighted by atomic mass is 79.9. The Balaban J connectivity index is 2.25. The van der Waals surface area contributed by atoms with E-state index in [0.717, 1.165) is 10.0 Å². The number of halogens is 1. The van der Waals surface area contributed by atoms with E-state index in [9.17, 15) is 9.90 Å². The number of amides is 2. The SMILES string of the molecule is NC(=O)NCCNCC(O)c1cccc(Br)c1. The van der Waals surface area contributed by atoms with Crippen LogP contribution in [0.2, 0.25) is 0 Å². The van der Waals surface area contributed by atoms with Crippen LogP contribution in [0.1, 0.15) is 11.7 Å². The molecule has 0 radical (unpaired) electrons. The van der Waals surface area contributed by atoms with Crippen molar-refractivity contribution in [3.8, 4) is 0 Å². The van der Waals surface area contributed by atoms with Crippen molar-refractivity contribution in [2.24, 2.45) is 5.73 Å². The number of rotatable bonds is 6. The van der Waals surface area contributed by atoms with Gasteiger partial charge in [0.25, 0.3) is 0 Å². The summed E-state index contributed by atoms with van der Waals surface area (Å²) in [6.45, 7) is 1.44. The number of primary amides is 1. The van der Waals surface area contributed by atoms with Crippen LogP contribution in [0.5, 0.6) is 0 Å². The summed E-state index contributed by atoms with van der Waals surface area (Å²) in [5.74, 6) is 0. The maximum atomic E-state index is 10.4. The molecule has 2 amide bonds. The molecule has 1 atom stereocenters. The van der Waals surface area contributed by atoms with E-state index in [0.29, 0.717) is 19.6 Å². The van der Waals surface area contributed by atoms with E-state index < -0.39 is 12.1 Å². The van der Waals surface area contributed by atoms with Crippen LogP contribution >= 0.6 is 15.9 Å². The van der Waals surface area contributed by atoms with Crippen molar-refractivity contribution in [3.63, 3.8) is 0 Å². The Morgan fingerprint density at radius 2 is 2.24 bits per heavy atom. The Hall–Kier alpha value is -1.11. The van der Waals surface area contributed by atoms with Gasteiger partial charge in [-0.1, -0.05) is 28.1 Å². The van der Waals surface area contributed by atoms with Crippen LogP contribution in [0.3, 0.4) is 0 Å². The number of hydrogen-bond donors (Lipinski definition) is 4. The van der Waals surface area contributed by atoms with Crippen molar-refractivity contribution < 1.29 is 9.90 Å². The van der Waals surface area contributed by atoms with Gasteiger partial charge in [-0.2, -0.15) is 0 Å². The fraction of sp³-hybridized carbons (Fsp3) is 0.364. The lowest BCUT2D eigenvalue weighted by atomic mass is 10.1. The average Bonchev–Trinajstić information content (AvgIpc) is 2.28. The molecule has 94 valence electrons. The van der Waals surface area contributed by atoms with Crippen molar-refractivity contribution in [2.75, 3.05) is 19.6 Å². The maximum absolute atomic E-state index is 10.4. The summed E-state index contributed by atoms with van der Waals surface area (Å²) in [5, 5.41) is 15.3. The summed E-state index contributed by atoms with van der Waals surface area (Å²) < 4.78 is 0.935. The molecule has 5 N–H and O–H groups in total. The van der Waals surface area contributed by atoms with E-state index >= 15 is 0 Å². The van der Waals surface area contributed by atoms with Crippen LogP contribution in [0.25, 0.3) is 0 Å². The number of carbonyl (C=O) groups is 1. The first-order chi connectivity index (χ1) is 8.09. The fourth-order valence-corrected chi connectivity index (χ4v) is 1.76. The Bertz CT molecular complexity index is 373. The summed E-state index contributed by atoms with van der Waals surface area (Å²) in [7, 11) is 0. The highest BCUT2D eigenvalue weighted by molar-refractivity contribution is 9.10. The molecule has 0 spiro atoms. The minimum absolute atomic E-state index is 0.427. The predicted octanol–water partition coefficient (Wildman–Crippen LogP) is 0.740. The third kappa shape index (κ3) is 5.67. The highest BCUT2D eigenvalue weighted by Gasteiger charge is 2.06. The van der Waals surface area contributed by atoms with Gasteiger partial charge in [-0.05, 0) is 17.7 Å². The molecule has 1 rings (SSSR count). The number of aliphatic hydroxyl groups excluding tert-OH is 1. The third-order valence-corrected chi connectivity index (χ3v) is 2.67. The van der Waals surface area contributed by atoms with E-state index in [1.807, 2.05) is 24.3 Å². The number of nitrogens with two attached hydrogens (primary N) is 1. The van der Waals surface area contributed by atoms with Crippen molar-refractivity contribution in [2.45, 2.75) is 6.10 Å². The molecule has 5 nitrogen and oxygen atoms in total. The molecule has 0 saturated heterocycles. The molecule has 0 aliphatic rings. The van der Waals surface area contributed by atoms with Crippen molar-refractivity contribution in [1.82, 2.24) is 10.6 Å². The number of nitrogens with one attached hydrogen (secondary N) is 2. The summed E-state index contributed by atoms with van der Waals surface area (Å²) in [4.78, 5) is 10.4. The van der Waals surface area contributed by atoms with Crippen LogP contribution < -0.4 is 16.4 Å². The van der Waals surface area contributed by atoms with E-state index in [1.54, 1.807) is 0 Å². The summed E-state index contributed by atoms with van der Waals surface area (Å²) in [6, 6.07) is 6.96. The average molecular weight is 302 g/mol. The van der Waals surface area contributed by atoms with Crippen LogP contribution in [0.15, 0.2) is 28.7 Å². The topological polar surface area (TPSA) is 87.4 Å². The summed E-state index contributed by atoms with van der Waals surface area (Å²) in [6.07, 6.45) is -0.568. The molecule has 0 aromatic heterocycles. The zero-order valence-electron chi connectivity index (χ0n) is 9.32. The monoisotopic (exact) mass is 301 g/mol. The predicted molar refractivity (Wildman–Crippen MR) is 69.6 cm³/mol. The molecule has 1 unspecified atom stereocenters. The van der Waals surface area contributed by atoms with Gasteiger partial charge in [0.15, 0.2) is 0 Å². The Morgan fingerprint density at radius 3 is 2.88 bits per heavy atom. The van der Waals surface area contributed by atoms with E-state index in [-0.39, 0.29) is 0 Å². The molecule has 6 heteroatoms. The van der Waals surface area contributed by atoms with E-state index in [1.165, 1.54) is 0 Å². The molecule has 1 aromatic rings. The van der Waals surface area contributed by atoms with Crippen molar-refractivity contribution >= 4 is 22.0 Å². The Morgan fingerprint density at radius 1 is 1.47 bits per heavy atom. The minimum Gasteiger partial charge on any atom is -0.387 e. The molecule has 0 heterocycles. The molecular formula is C11H16BrN3O2. The van der Waals surface area contributed by atoms with Gasteiger partial charge in [0.05, 0.1) is 6.10 Å². The molecule has 0 aliphatic heterocycles. The van der Waals surface area contributed by atoms with Gasteiger partial charge < -0.3 is 21.5 Å². The van der Waals surface area contributed by atoms with Crippen LogP contribution in [0, 0.1) is 0 Å². The lowest BCUT2D eigenvalue weighted by molar-refractivity contribution is 0.175. The first-order valence-electron chi connectivity index (χ1n) is 5.27. The van der Waals surface area contributed by atoms with Gasteiger partial charge >= 0.3 is 6.03 Å². The second-order valence-electron chi connectivity index (χ2n) is 3.57. The van der Waals surface area contributed by atoms with E-state index in [2.05, 4.69) is 26.6 Å². The second-order valence-corrected chi connectivity index (χ2v) is 4.48. The van der Waals surface area contributed by atoms with Crippen LogP contribution in [-0.2, 0) is 0 Å². The van der Waals surface area contributed by atoms with Gasteiger partial charge in [0.1, 0.15) is 0 Å². The minimum atomic E-state index is -0.568. The maximum Gasteiger partial charge on any atom is 0.312 e. The van der Waals surface area contributed by atoms with E-state index in [4.69, 9.17) is 5.73 Å². The molecule has 0 bridgehead atoms. The lowest BCUT2D eigenvalue weighted by Crippen LogP contribution is -2.36. The number of hydrogen-bond acceptors (Lipinski definition) is 3. The lowest BCUT2D eigenvalue weighted by Gasteiger charge is -2.12. The summed E-state index contributed by atoms with van der Waals surface area (Å²) >= 11 is 3.35. The molecule has 0 aliphatic carbocycles. The number of urea groups is 1.